The molecule has 0 atom stereocenters. The number of alkyl halides is 1. The maximum atomic E-state index is 12.6. The number of aromatic hydroxyl groups is 2. The Morgan fingerprint density at radius 2 is 1.73 bits per heavy atom. The molecule has 0 heterocycles. The predicted molar refractivity (Wildman–Crippen MR) is 79.2 cm³/mol. The number of halogens is 1. The molecule has 5 nitrogen and oxygen atoms in total. The summed E-state index contributed by atoms with van der Waals surface area (Å²) in [4.78, 5) is 25.1. The van der Waals surface area contributed by atoms with Gasteiger partial charge < -0.3 is 14.9 Å². The molecule has 112 valence electrons. The molecule has 0 saturated heterocycles. The molecule has 0 aromatic heterocycles. The number of fused-ring (bicyclic) bond motifs is 2. The number of aryl methyl sites for hydroxylation is 1. The van der Waals surface area contributed by atoms with E-state index in [2.05, 4.69) is 0 Å². The van der Waals surface area contributed by atoms with E-state index in [4.69, 9.17) is 16.3 Å². The fourth-order valence-corrected chi connectivity index (χ4v) is 2.67. The maximum Gasteiger partial charge on any atom is 0.198 e. The van der Waals surface area contributed by atoms with Gasteiger partial charge in [0.2, 0.25) is 0 Å². The van der Waals surface area contributed by atoms with Gasteiger partial charge in [0.05, 0.1) is 11.1 Å². The van der Waals surface area contributed by atoms with Gasteiger partial charge in [0.15, 0.2) is 17.6 Å². The highest BCUT2D eigenvalue weighted by atomic mass is 35.5. The Balaban J connectivity index is 2.29. The van der Waals surface area contributed by atoms with Gasteiger partial charge in [-0.1, -0.05) is 17.7 Å². The molecule has 0 aliphatic heterocycles. The summed E-state index contributed by atoms with van der Waals surface area (Å²) in [7, 11) is 0. The lowest BCUT2D eigenvalue weighted by atomic mass is 9.82. The summed E-state index contributed by atoms with van der Waals surface area (Å²) in [5, 5.41) is 20.2. The molecule has 0 unspecified atom stereocenters. The highest BCUT2D eigenvalue weighted by Gasteiger charge is 2.35. The van der Waals surface area contributed by atoms with Crippen LogP contribution >= 0.6 is 11.6 Å². The zero-order valence-electron chi connectivity index (χ0n) is 11.5. The van der Waals surface area contributed by atoms with Crippen molar-refractivity contribution >= 4 is 23.2 Å². The average Bonchev–Trinajstić information content (AvgIpc) is 2.47. The summed E-state index contributed by atoms with van der Waals surface area (Å²) in [6.45, 7) is 1.63. The summed E-state index contributed by atoms with van der Waals surface area (Å²) in [6, 6.07) is 5.41. The van der Waals surface area contributed by atoms with Crippen LogP contribution in [0.5, 0.6) is 17.2 Å². The van der Waals surface area contributed by atoms with E-state index in [1.165, 1.54) is 18.2 Å². The van der Waals surface area contributed by atoms with Crippen molar-refractivity contribution in [1.29, 1.82) is 0 Å². The van der Waals surface area contributed by atoms with Crippen LogP contribution in [0.25, 0.3) is 0 Å². The Kier molecular flexibility index (Phi) is 3.30. The molecule has 0 radical (unpaired) electrons. The zero-order chi connectivity index (χ0) is 16.0. The lowest BCUT2D eigenvalue weighted by Gasteiger charge is -2.20. The second-order valence-electron chi connectivity index (χ2n) is 4.93. The highest BCUT2D eigenvalue weighted by molar-refractivity contribution is 6.30. The minimum absolute atomic E-state index is 0.0153. The van der Waals surface area contributed by atoms with Gasteiger partial charge in [-0.25, -0.2) is 0 Å². The van der Waals surface area contributed by atoms with E-state index in [0.717, 1.165) is 0 Å². The van der Waals surface area contributed by atoms with Crippen LogP contribution < -0.4 is 4.74 Å². The third-order valence-electron chi connectivity index (χ3n) is 3.64. The van der Waals surface area contributed by atoms with Crippen LogP contribution in [0.1, 0.15) is 37.4 Å². The minimum Gasteiger partial charge on any atom is -0.507 e. The number of hydrogen-bond acceptors (Lipinski definition) is 5. The van der Waals surface area contributed by atoms with E-state index < -0.39 is 11.6 Å². The van der Waals surface area contributed by atoms with Gasteiger partial charge in [-0.2, -0.15) is 0 Å². The van der Waals surface area contributed by atoms with E-state index in [1.54, 1.807) is 13.0 Å². The summed E-state index contributed by atoms with van der Waals surface area (Å²) in [5.74, 6) is -1.48. The van der Waals surface area contributed by atoms with Crippen LogP contribution in [0.3, 0.4) is 0 Å². The third kappa shape index (κ3) is 1.94. The van der Waals surface area contributed by atoms with Crippen LogP contribution in [-0.4, -0.2) is 27.8 Å². The number of rotatable bonds is 2. The predicted octanol–water partition coefficient (Wildman–Crippen LogP) is 2.76. The average molecular weight is 319 g/mol. The number of phenols is 2. The fraction of sp³-hybridized carbons (Fsp3) is 0.125. The largest absolute Gasteiger partial charge is 0.507 e. The van der Waals surface area contributed by atoms with Crippen molar-refractivity contribution < 1.29 is 24.5 Å². The second-order valence-corrected chi connectivity index (χ2v) is 5.15. The molecule has 2 aromatic carbocycles. The molecule has 2 N–H and O–H groups in total. The standard InChI is InChI=1S/C16H11ClO5/c1-7-2-3-9-13(14(7)19)16(21)10-4-8(22-6-17)5-11(18)12(10)15(9)20/h2-5,18-19H,6H2,1H3. The lowest BCUT2D eigenvalue weighted by molar-refractivity contribution is 0.0973. The van der Waals surface area contributed by atoms with Gasteiger partial charge in [-0.3, -0.25) is 9.59 Å². The SMILES string of the molecule is Cc1ccc2c(c1O)C(=O)c1cc(OCCl)cc(O)c1C2=O. The molecule has 3 rings (SSSR count). The Labute approximate surface area is 130 Å². The zero-order valence-corrected chi connectivity index (χ0v) is 12.3. The summed E-state index contributed by atoms with van der Waals surface area (Å²) in [6.07, 6.45) is 0. The number of carbonyl (C=O) groups excluding carboxylic acids is 2. The van der Waals surface area contributed by atoms with Crippen LogP contribution in [-0.2, 0) is 0 Å². The molecule has 6 heteroatoms. The van der Waals surface area contributed by atoms with E-state index in [0.29, 0.717) is 5.56 Å². The van der Waals surface area contributed by atoms with Crippen LogP contribution in [0.2, 0.25) is 0 Å². The molecule has 0 bridgehead atoms. The Morgan fingerprint density at radius 3 is 2.41 bits per heavy atom. The highest BCUT2D eigenvalue weighted by Crippen LogP contribution is 2.39. The van der Waals surface area contributed by atoms with Crippen molar-refractivity contribution in [2.75, 3.05) is 6.07 Å². The first-order chi connectivity index (χ1) is 10.5. The van der Waals surface area contributed by atoms with Crippen LogP contribution in [0.15, 0.2) is 24.3 Å². The number of benzene rings is 2. The number of phenolic OH excluding ortho intramolecular Hbond substituents is 2. The second kappa shape index (κ2) is 5.03. The Morgan fingerprint density at radius 1 is 1.05 bits per heavy atom. The van der Waals surface area contributed by atoms with E-state index in [9.17, 15) is 19.8 Å². The number of ketones is 2. The van der Waals surface area contributed by atoms with Crippen molar-refractivity contribution in [2.24, 2.45) is 0 Å². The van der Waals surface area contributed by atoms with E-state index in [1.807, 2.05) is 0 Å². The van der Waals surface area contributed by atoms with Gasteiger partial charge in [0, 0.05) is 17.2 Å². The molecule has 1 aliphatic carbocycles. The smallest absolute Gasteiger partial charge is 0.198 e. The number of carbonyl (C=O) groups is 2. The topological polar surface area (TPSA) is 83.8 Å². The molecular formula is C16H11ClO5. The number of ether oxygens (including phenoxy) is 1. The molecule has 2 aromatic rings. The first kappa shape index (κ1) is 14.4. The maximum absolute atomic E-state index is 12.6. The minimum atomic E-state index is -0.541. The quantitative estimate of drug-likeness (QED) is 0.710. The molecule has 0 amide bonds. The lowest BCUT2D eigenvalue weighted by Crippen LogP contribution is -2.21. The van der Waals surface area contributed by atoms with Gasteiger partial charge in [-0.15, -0.1) is 0 Å². The van der Waals surface area contributed by atoms with Gasteiger partial charge >= 0.3 is 0 Å². The van der Waals surface area contributed by atoms with Crippen molar-refractivity contribution in [2.45, 2.75) is 6.92 Å². The van der Waals surface area contributed by atoms with Crippen molar-refractivity contribution in [3.8, 4) is 17.2 Å². The first-order valence-electron chi connectivity index (χ1n) is 6.43. The van der Waals surface area contributed by atoms with Crippen LogP contribution in [0.4, 0.5) is 0 Å². The normalized spacial score (nSPS) is 12.8. The summed E-state index contributed by atoms with van der Waals surface area (Å²) < 4.78 is 5.06. The fourth-order valence-electron chi connectivity index (χ4n) is 2.55. The van der Waals surface area contributed by atoms with Crippen molar-refractivity contribution in [1.82, 2.24) is 0 Å². The van der Waals surface area contributed by atoms with Crippen molar-refractivity contribution in [3.63, 3.8) is 0 Å². The van der Waals surface area contributed by atoms with E-state index in [-0.39, 0.29) is 45.6 Å². The van der Waals surface area contributed by atoms with Gasteiger partial charge in [0.25, 0.3) is 0 Å². The first-order valence-corrected chi connectivity index (χ1v) is 6.97. The summed E-state index contributed by atoms with van der Waals surface area (Å²) >= 11 is 5.47. The molecule has 0 spiro atoms. The Bertz CT molecular complexity index is 826. The van der Waals surface area contributed by atoms with Gasteiger partial charge in [0.1, 0.15) is 17.2 Å². The Hall–Kier alpha value is -2.53. The summed E-state index contributed by atoms with van der Waals surface area (Å²) in [5.41, 5.74) is 0.392. The molecule has 0 fully saturated rings. The molecule has 22 heavy (non-hydrogen) atoms. The van der Waals surface area contributed by atoms with Gasteiger partial charge in [-0.05, 0) is 24.6 Å². The third-order valence-corrected chi connectivity index (χ3v) is 3.74. The van der Waals surface area contributed by atoms with E-state index >= 15 is 0 Å². The molecule has 1 aliphatic rings. The molecule has 0 saturated carbocycles. The molecular weight excluding hydrogens is 308 g/mol. The van der Waals surface area contributed by atoms with Crippen molar-refractivity contribution in [3.05, 3.63) is 52.1 Å². The van der Waals surface area contributed by atoms with Crippen LogP contribution in [0, 0.1) is 6.92 Å². The number of hydrogen-bond donors (Lipinski definition) is 2. The monoisotopic (exact) mass is 318 g/mol.